The van der Waals surface area contributed by atoms with E-state index >= 15 is 0 Å². The molecule has 0 atom stereocenters. The third kappa shape index (κ3) is 4.71. The van der Waals surface area contributed by atoms with Crippen molar-refractivity contribution < 1.29 is 22.8 Å². The summed E-state index contributed by atoms with van der Waals surface area (Å²) >= 11 is 1.39. The van der Waals surface area contributed by atoms with Crippen molar-refractivity contribution in [3.8, 4) is 5.75 Å². The molecular weight excluding hydrogens is 359 g/mol. The highest BCUT2D eigenvalue weighted by atomic mass is 32.2. The predicted molar refractivity (Wildman–Crippen MR) is 102 cm³/mol. The molecule has 146 valence electrons. The standard InChI is InChI=1S/C18H28BF2NO3S/c1-11-13(26-22-16(2,3)4)10-9-12(14(11)23-15(20)21)19-24-17(5,6)18(7,8)25-19/h9-10,15,22H,1-8H3. The zero-order valence-electron chi connectivity index (χ0n) is 16.7. The minimum Gasteiger partial charge on any atom is -0.435 e. The molecule has 26 heavy (non-hydrogen) atoms. The molecular formula is C18H28BF2NO3S. The van der Waals surface area contributed by atoms with Crippen LogP contribution < -0.4 is 14.9 Å². The van der Waals surface area contributed by atoms with Crippen LogP contribution >= 0.6 is 11.9 Å². The van der Waals surface area contributed by atoms with Crippen LogP contribution in [0.15, 0.2) is 17.0 Å². The van der Waals surface area contributed by atoms with E-state index in [-0.39, 0.29) is 11.3 Å². The Hall–Kier alpha value is -0.825. The normalized spacial score (nSPS) is 19.3. The van der Waals surface area contributed by atoms with Gasteiger partial charge in [0, 0.05) is 21.5 Å². The molecule has 0 aromatic heterocycles. The van der Waals surface area contributed by atoms with Gasteiger partial charge in [-0.15, -0.1) is 0 Å². The molecule has 4 nitrogen and oxygen atoms in total. The zero-order valence-corrected chi connectivity index (χ0v) is 17.5. The second-order valence-corrected chi connectivity index (χ2v) is 9.38. The first-order valence-electron chi connectivity index (χ1n) is 8.61. The van der Waals surface area contributed by atoms with Crippen molar-refractivity contribution in [1.29, 1.82) is 0 Å². The fourth-order valence-electron chi connectivity index (χ4n) is 2.41. The van der Waals surface area contributed by atoms with Gasteiger partial charge in [-0.05, 0) is 73.4 Å². The van der Waals surface area contributed by atoms with Crippen molar-refractivity contribution in [1.82, 2.24) is 4.72 Å². The lowest BCUT2D eigenvalue weighted by atomic mass is 9.77. The second-order valence-electron chi connectivity index (χ2n) is 8.53. The molecule has 1 heterocycles. The summed E-state index contributed by atoms with van der Waals surface area (Å²) in [7, 11) is -0.762. The average Bonchev–Trinajstić information content (AvgIpc) is 2.66. The summed E-state index contributed by atoms with van der Waals surface area (Å²) < 4.78 is 46.3. The summed E-state index contributed by atoms with van der Waals surface area (Å²) in [5.41, 5.74) is -0.143. The van der Waals surface area contributed by atoms with Gasteiger partial charge in [0.25, 0.3) is 0 Å². The van der Waals surface area contributed by atoms with Crippen LogP contribution in [-0.4, -0.2) is 30.5 Å². The maximum absolute atomic E-state index is 13.1. The molecule has 0 amide bonds. The Labute approximate surface area is 159 Å². The van der Waals surface area contributed by atoms with Crippen LogP contribution in [0.2, 0.25) is 0 Å². The summed E-state index contributed by atoms with van der Waals surface area (Å²) in [5.74, 6) is 0.110. The Balaban J connectivity index is 2.39. The highest BCUT2D eigenvalue weighted by Crippen LogP contribution is 2.38. The Morgan fingerprint density at radius 3 is 2.12 bits per heavy atom. The van der Waals surface area contributed by atoms with Crippen molar-refractivity contribution in [2.24, 2.45) is 0 Å². The molecule has 8 heteroatoms. The first-order chi connectivity index (χ1) is 11.7. The van der Waals surface area contributed by atoms with Crippen molar-refractivity contribution in [3.05, 3.63) is 17.7 Å². The predicted octanol–water partition coefficient (Wildman–Crippen LogP) is 4.29. The van der Waals surface area contributed by atoms with E-state index in [1.807, 2.05) is 54.5 Å². The summed E-state index contributed by atoms with van der Waals surface area (Å²) in [6.07, 6.45) is 0. The van der Waals surface area contributed by atoms with Gasteiger partial charge in [0.05, 0.1) is 11.2 Å². The van der Waals surface area contributed by atoms with Crippen molar-refractivity contribution in [3.63, 3.8) is 0 Å². The zero-order chi connectivity index (χ0) is 19.9. The number of hydrogen-bond donors (Lipinski definition) is 1. The minimum atomic E-state index is -2.93. The molecule has 1 N–H and O–H groups in total. The minimum absolute atomic E-state index is 0.110. The number of hydrogen-bond acceptors (Lipinski definition) is 5. The van der Waals surface area contributed by atoms with Gasteiger partial charge < -0.3 is 14.0 Å². The second kappa shape index (κ2) is 7.30. The van der Waals surface area contributed by atoms with Crippen LogP contribution in [-0.2, 0) is 9.31 Å². The van der Waals surface area contributed by atoms with Crippen LogP contribution in [0.4, 0.5) is 8.78 Å². The fourth-order valence-corrected chi connectivity index (χ4v) is 3.21. The summed E-state index contributed by atoms with van der Waals surface area (Å²) in [6, 6.07) is 3.61. The van der Waals surface area contributed by atoms with E-state index in [0.717, 1.165) is 4.90 Å². The number of alkyl halides is 2. The van der Waals surface area contributed by atoms with Gasteiger partial charge >= 0.3 is 13.7 Å². The third-order valence-corrected chi connectivity index (χ3v) is 5.94. The number of ether oxygens (including phenoxy) is 1. The lowest BCUT2D eigenvalue weighted by Gasteiger charge is -2.32. The highest BCUT2D eigenvalue weighted by Gasteiger charge is 2.52. The van der Waals surface area contributed by atoms with E-state index in [4.69, 9.17) is 14.0 Å². The Morgan fingerprint density at radius 1 is 1.12 bits per heavy atom. The molecule has 0 saturated carbocycles. The van der Waals surface area contributed by atoms with Crippen LogP contribution in [0.3, 0.4) is 0 Å². The van der Waals surface area contributed by atoms with E-state index in [9.17, 15) is 8.78 Å². The van der Waals surface area contributed by atoms with E-state index in [0.29, 0.717) is 11.0 Å². The summed E-state index contributed by atoms with van der Waals surface area (Å²) in [5, 5.41) is 0. The van der Waals surface area contributed by atoms with Crippen LogP contribution in [0.5, 0.6) is 5.75 Å². The molecule has 0 radical (unpaired) electrons. The Kier molecular flexibility index (Phi) is 6.03. The van der Waals surface area contributed by atoms with Gasteiger partial charge in [-0.25, -0.2) is 0 Å². The number of halogens is 2. The quantitative estimate of drug-likeness (QED) is 0.603. The fraction of sp³-hybridized carbons (Fsp3) is 0.667. The molecule has 1 aromatic rings. The Morgan fingerprint density at radius 2 is 1.65 bits per heavy atom. The maximum atomic E-state index is 13.1. The molecule has 0 unspecified atom stereocenters. The molecule has 1 aromatic carbocycles. The molecule has 1 aliphatic rings. The topological polar surface area (TPSA) is 39.7 Å². The van der Waals surface area contributed by atoms with E-state index in [1.54, 1.807) is 13.0 Å². The van der Waals surface area contributed by atoms with Crippen LogP contribution in [0.1, 0.15) is 54.0 Å². The van der Waals surface area contributed by atoms with Gasteiger partial charge in [0.1, 0.15) is 5.75 Å². The van der Waals surface area contributed by atoms with Crippen molar-refractivity contribution in [2.75, 3.05) is 0 Å². The van der Waals surface area contributed by atoms with E-state index < -0.39 is 24.9 Å². The van der Waals surface area contributed by atoms with Gasteiger partial charge in [-0.2, -0.15) is 8.78 Å². The van der Waals surface area contributed by atoms with Crippen molar-refractivity contribution in [2.45, 2.75) is 83.6 Å². The van der Waals surface area contributed by atoms with Crippen molar-refractivity contribution >= 4 is 24.5 Å². The SMILES string of the molecule is Cc1c(SNC(C)(C)C)ccc(B2OC(C)(C)C(C)(C)O2)c1OC(F)F. The lowest BCUT2D eigenvalue weighted by molar-refractivity contribution is -0.0498. The van der Waals surface area contributed by atoms with Gasteiger partial charge in [-0.1, -0.05) is 6.07 Å². The van der Waals surface area contributed by atoms with E-state index in [1.165, 1.54) is 11.9 Å². The monoisotopic (exact) mass is 387 g/mol. The average molecular weight is 387 g/mol. The molecule has 1 aliphatic heterocycles. The van der Waals surface area contributed by atoms with Gasteiger partial charge in [0.15, 0.2) is 0 Å². The molecule has 2 rings (SSSR count). The maximum Gasteiger partial charge on any atom is 0.498 e. The molecule has 1 saturated heterocycles. The Bertz CT molecular complexity index is 647. The number of rotatable bonds is 5. The largest absolute Gasteiger partial charge is 0.498 e. The summed E-state index contributed by atoms with van der Waals surface area (Å²) in [6.45, 7) is 12.6. The lowest BCUT2D eigenvalue weighted by Crippen LogP contribution is -2.41. The smallest absolute Gasteiger partial charge is 0.435 e. The number of benzene rings is 1. The first kappa shape index (κ1) is 21.5. The molecule has 0 spiro atoms. The van der Waals surface area contributed by atoms with Gasteiger partial charge in [0.2, 0.25) is 0 Å². The first-order valence-corrected chi connectivity index (χ1v) is 9.43. The third-order valence-electron chi connectivity index (χ3n) is 4.57. The van der Waals surface area contributed by atoms with Crippen LogP contribution in [0.25, 0.3) is 0 Å². The molecule has 0 aliphatic carbocycles. The number of nitrogens with one attached hydrogen (secondary N) is 1. The molecule has 0 bridgehead atoms. The molecule has 1 fully saturated rings. The van der Waals surface area contributed by atoms with Crippen LogP contribution in [0, 0.1) is 6.92 Å². The van der Waals surface area contributed by atoms with Gasteiger partial charge in [-0.3, -0.25) is 4.72 Å². The summed E-state index contributed by atoms with van der Waals surface area (Å²) in [4.78, 5) is 0.816. The van der Waals surface area contributed by atoms with E-state index in [2.05, 4.69) is 4.72 Å². The highest BCUT2D eigenvalue weighted by molar-refractivity contribution is 7.97.